The van der Waals surface area contributed by atoms with Crippen LogP contribution >= 0.6 is 11.3 Å². The van der Waals surface area contributed by atoms with E-state index in [1.54, 1.807) is 17.4 Å². The second-order valence-electron chi connectivity index (χ2n) is 4.78. The van der Waals surface area contributed by atoms with Crippen molar-refractivity contribution in [1.29, 1.82) is 0 Å². The monoisotopic (exact) mass is 297 g/mol. The van der Waals surface area contributed by atoms with Gasteiger partial charge in [0.2, 0.25) is 0 Å². The molecule has 1 N–H and O–H groups in total. The van der Waals surface area contributed by atoms with Gasteiger partial charge in [-0.3, -0.25) is 4.40 Å². The van der Waals surface area contributed by atoms with Crippen molar-refractivity contribution in [1.82, 2.24) is 14.7 Å². The topological polar surface area (TPSA) is 63.5 Å². The maximum atomic E-state index is 11.3. The smallest absolute Gasteiger partial charge is 0.194 e. The van der Waals surface area contributed by atoms with Crippen molar-refractivity contribution < 1.29 is 8.42 Å². The van der Waals surface area contributed by atoms with Crippen molar-refractivity contribution in [2.45, 2.75) is 26.4 Å². The number of hydrogen-bond acceptors (Lipinski definition) is 5. The van der Waals surface area contributed by atoms with E-state index >= 15 is 0 Å². The van der Waals surface area contributed by atoms with E-state index in [4.69, 9.17) is 0 Å². The Balaban J connectivity index is 1.79. The highest BCUT2D eigenvalue weighted by molar-refractivity contribution is 7.94. The van der Waals surface area contributed by atoms with Crippen LogP contribution in [-0.2, 0) is 16.4 Å². The largest absolute Gasteiger partial charge is 0.304 e. The molecular formula is C12H15N3O2S2. The molecule has 0 aliphatic carbocycles. The van der Waals surface area contributed by atoms with Gasteiger partial charge in [0, 0.05) is 29.1 Å². The number of thiazole rings is 1. The molecule has 1 atom stereocenters. The molecule has 7 heteroatoms. The fourth-order valence-electron chi connectivity index (χ4n) is 2.25. The number of imidazole rings is 1. The summed E-state index contributed by atoms with van der Waals surface area (Å²) in [6.07, 6.45) is 3.78. The zero-order valence-electron chi connectivity index (χ0n) is 10.8. The van der Waals surface area contributed by atoms with Crippen molar-refractivity contribution in [3.05, 3.63) is 33.9 Å². The molecule has 0 aromatic carbocycles. The van der Waals surface area contributed by atoms with Gasteiger partial charge in [-0.15, -0.1) is 11.3 Å². The molecule has 1 aliphatic rings. The fourth-order valence-corrected chi connectivity index (χ4v) is 4.41. The zero-order chi connectivity index (χ0) is 13.6. The van der Waals surface area contributed by atoms with Crippen LogP contribution in [0.1, 0.15) is 16.3 Å². The molecule has 5 nitrogen and oxygen atoms in total. The average molecular weight is 297 g/mol. The quantitative estimate of drug-likeness (QED) is 0.930. The number of hydrogen-bond donors (Lipinski definition) is 1. The number of nitrogens with one attached hydrogen (secondary N) is 1. The van der Waals surface area contributed by atoms with Crippen LogP contribution in [-0.4, -0.2) is 29.6 Å². The van der Waals surface area contributed by atoms with E-state index in [1.165, 1.54) is 10.3 Å². The summed E-state index contributed by atoms with van der Waals surface area (Å²) in [5, 5.41) is 4.55. The Labute approximate surface area is 115 Å². The van der Waals surface area contributed by atoms with Crippen LogP contribution in [0.3, 0.4) is 0 Å². The average Bonchev–Trinajstić information content (AvgIpc) is 2.90. The van der Waals surface area contributed by atoms with Gasteiger partial charge in [-0.1, -0.05) is 6.08 Å². The minimum Gasteiger partial charge on any atom is -0.304 e. The normalized spacial score (nSPS) is 21.5. The third-order valence-corrected chi connectivity index (χ3v) is 5.50. The Bertz CT molecular complexity index is 755. The first-order valence-corrected chi connectivity index (χ1v) is 8.56. The van der Waals surface area contributed by atoms with Gasteiger partial charge in [0.25, 0.3) is 0 Å². The van der Waals surface area contributed by atoms with E-state index in [0.717, 1.165) is 16.3 Å². The summed E-state index contributed by atoms with van der Waals surface area (Å²) in [6.45, 7) is 4.65. The van der Waals surface area contributed by atoms with Crippen LogP contribution in [0.15, 0.2) is 17.7 Å². The molecule has 19 heavy (non-hydrogen) atoms. The maximum Gasteiger partial charge on any atom is 0.194 e. The second-order valence-corrected chi connectivity index (χ2v) is 7.93. The molecule has 3 heterocycles. The number of sulfone groups is 1. The molecule has 0 saturated heterocycles. The highest BCUT2D eigenvalue weighted by atomic mass is 32.2. The number of aryl methyl sites for hydroxylation is 2. The highest BCUT2D eigenvalue weighted by Crippen LogP contribution is 2.21. The predicted molar refractivity (Wildman–Crippen MR) is 76.1 cm³/mol. The standard InChI is InChI=1S/C12H15N3O2S2/c1-8-6-15-11(9(2)14-12(15)18-8)5-13-10-3-4-19(16,17)7-10/h3-4,6,10,13H,5,7H2,1-2H3. The molecule has 2 aromatic rings. The predicted octanol–water partition coefficient (Wildman–Crippen LogP) is 1.41. The number of fused-ring (bicyclic) bond motifs is 1. The SMILES string of the molecule is Cc1cn2c(CNC3C=CS(=O)(=O)C3)c(C)nc2s1. The minimum atomic E-state index is -3.00. The lowest BCUT2D eigenvalue weighted by molar-refractivity contribution is 0.587. The zero-order valence-corrected chi connectivity index (χ0v) is 12.4. The minimum absolute atomic E-state index is 0.102. The molecule has 102 valence electrons. The lowest BCUT2D eigenvalue weighted by Crippen LogP contribution is -2.30. The van der Waals surface area contributed by atoms with Gasteiger partial charge >= 0.3 is 0 Å². The maximum absolute atomic E-state index is 11.3. The van der Waals surface area contributed by atoms with Gasteiger partial charge in [0.05, 0.1) is 17.1 Å². The van der Waals surface area contributed by atoms with Gasteiger partial charge < -0.3 is 5.32 Å². The number of rotatable bonds is 3. The summed E-state index contributed by atoms with van der Waals surface area (Å²) in [4.78, 5) is 6.72. The molecule has 1 unspecified atom stereocenters. The van der Waals surface area contributed by atoms with Crippen LogP contribution in [0.5, 0.6) is 0 Å². The molecule has 0 saturated carbocycles. The summed E-state index contributed by atoms with van der Waals surface area (Å²) in [6, 6.07) is -0.102. The van der Waals surface area contributed by atoms with Gasteiger partial charge in [-0.2, -0.15) is 0 Å². The molecular weight excluding hydrogens is 282 g/mol. The second kappa shape index (κ2) is 4.43. The van der Waals surface area contributed by atoms with Crippen LogP contribution < -0.4 is 5.32 Å². The third-order valence-electron chi connectivity index (χ3n) is 3.20. The molecule has 0 bridgehead atoms. The van der Waals surface area contributed by atoms with E-state index in [0.29, 0.717) is 6.54 Å². The molecule has 0 radical (unpaired) electrons. The van der Waals surface area contributed by atoms with Crippen molar-refractivity contribution in [2.75, 3.05) is 5.75 Å². The van der Waals surface area contributed by atoms with Crippen molar-refractivity contribution in [2.24, 2.45) is 0 Å². The van der Waals surface area contributed by atoms with Gasteiger partial charge in [0.15, 0.2) is 14.8 Å². The molecule has 3 rings (SSSR count). The van der Waals surface area contributed by atoms with Crippen molar-refractivity contribution in [3.63, 3.8) is 0 Å². The van der Waals surface area contributed by atoms with Crippen molar-refractivity contribution >= 4 is 26.1 Å². The van der Waals surface area contributed by atoms with Gasteiger partial charge in [0.1, 0.15) is 0 Å². The first-order valence-electron chi connectivity index (χ1n) is 6.03. The fraction of sp³-hybridized carbons (Fsp3) is 0.417. The Kier molecular flexibility index (Phi) is 2.99. The molecule has 0 fully saturated rings. The van der Waals surface area contributed by atoms with Crippen LogP contribution in [0, 0.1) is 13.8 Å². The van der Waals surface area contributed by atoms with E-state index in [2.05, 4.69) is 27.8 Å². The lowest BCUT2D eigenvalue weighted by atomic mass is 10.3. The third kappa shape index (κ3) is 2.45. The first-order chi connectivity index (χ1) is 8.94. The summed E-state index contributed by atoms with van der Waals surface area (Å²) in [5.41, 5.74) is 2.08. The van der Waals surface area contributed by atoms with E-state index in [9.17, 15) is 8.42 Å². The number of nitrogens with zero attached hydrogens (tertiary/aromatic N) is 2. The van der Waals surface area contributed by atoms with Gasteiger partial charge in [-0.25, -0.2) is 13.4 Å². The lowest BCUT2D eigenvalue weighted by Gasteiger charge is -2.09. The van der Waals surface area contributed by atoms with E-state index in [-0.39, 0.29) is 11.8 Å². The highest BCUT2D eigenvalue weighted by Gasteiger charge is 2.21. The first kappa shape index (κ1) is 12.8. The molecule has 0 amide bonds. The summed E-state index contributed by atoms with van der Waals surface area (Å²) in [5.74, 6) is 0.149. The van der Waals surface area contributed by atoms with Crippen molar-refractivity contribution in [3.8, 4) is 0 Å². The Morgan fingerprint density at radius 3 is 3.00 bits per heavy atom. The Hall–Kier alpha value is -1.18. The summed E-state index contributed by atoms with van der Waals surface area (Å²) < 4.78 is 24.8. The number of aromatic nitrogens is 2. The summed E-state index contributed by atoms with van der Waals surface area (Å²) in [7, 11) is -3.00. The van der Waals surface area contributed by atoms with Crippen LogP contribution in [0.4, 0.5) is 0 Å². The van der Waals surface area contributed by atoms with Crippen LogP contribution in [0.2, 0.25) is 0 Å². The molecule has 1 aliphatic heterocycles. The molecule has 0 spiro atoms. The Morgan fingerprint density at radius 2 is 2.32 bits per heavy atom. The van der Waals surface area contributed by atoms with Crippen LogP contribution in [0.25, 0.3) is 4.96 Å². The summed E-state index contributed by atoms with van der Waals surface area (Å²) >= 11 is 1.66. The Morgan fingerprint density at radius 1 is 1.53 bits per heavy atom. The van der Waals surface area contributed by atoms with E-state index in [1.807, 2.05) is 6.92 Å². The van der Waals surface area contributed by atoms with Gasteiger partial charge in [-0.05, 0) is 13.8 Å². The van der Waals surface area contributed by atoms with E-state index < -0.39 is 9.84 Å². The molecule has 2 aromatic heterocycles.